The zero-order valence-electron chi connectivity index (χ0n) is 12.6. The number of benzene rings is 2. The van der Waals surface area contributed by atoms with Gasteiger partial charge in [0.05, 0.1) is 18.2 Å². The number of hydrogen-bond donors (Lipinski definition) is 0. The van der Waals surface area contributed by atoms with Gasteiger partial charge in [-0.1, -0.05) is 18.2 Å². The van der Waals surface area contributed by atoms with E-state index in [0.29, 0.717) is 41.6 Å². The first kappa shape index (κ1) is 17.5. The van der Waals surface area contributed by atoms with Crippen LogP contribution in [-0.2, 0) is 6.18 Å². The van der Waals surface area contributed by atoms with E-state index in [1.807, 2.05) is 6.07 Å². The number of halogens is 3. The van der Waals surface area contributed by atoms with Gasteiger partial charge in [-0.15, -0.1) is 0 Å². The summed E-state index contributed by atoms with van der Waals surface area (Å²) in [5.74, 6) is 0.400. The number of unbranched alkanes of at least 4 members (excludes halogenated alkanes) is 1. The number of nitrogens with zero attached hydrogens (tertiary/aromatic N) is 1. The molecule has 0 N–H and O–H groups in total. The van der Waals surface area contributed by atoms with Crippen LogP contribution in [0, 0.1) is 11.3 Å². The van der Waals surface area contributed by atoms with Crippen molar-refractivity contribution in [3.63, 3.8) is 0 Å². The van der Waals surface area contributed by atoms with Crippen LogP contribution in [0.2, 0.25) is 0 Å². The number of hydrogen-bond acceptors (Lipinski definition) is 3. The maximum absolute atomic E-state index is 12.6. The van der Waals surface area contributed by atoms with Gasteiger partial charge in [-0.25, -0.2) is 0 Å². The number of carbonyl (C=O) groups excluding carboxylic acids is 1. The maximum atomic E-state index is 12.6. The van der Waals surface area contributed by atoms with Gasteiger partial charge in [0.25, 0.3) is 0 Å². The van der Waals surface area contributed by atoms with Crippen molar-refractivity contribution in [1.29, 1.82) is 5.26 Å². The van der Waals surface area contributed by atoms with Gasteiger partial charge in [-0.2, -0.15) is 18.4 Å². The first-order valence-electron chi connectivity index (χ1n) is 7.22. The van der Waals surface area contributed by atoms with E-state index in [9.17, 15) is 18.0 Å². The van der Waals surface area contributed by atoms with Gasteiger partial charge in [0.2, 0.25) is 0 Å². The van der Waals surface area contributed by atoms with E-state index in [4.69, 9.17) is 10.00 Å². The van der Waals surface area contributed by atoms with Crippen LogP contribution in [0.3, 0.4) is 0 Å². The highest BCUT2D eigenvalue weighted by Gasteiger charge is 2.30. The summed E-state index contributed by atoms with van der Waals surface area (Å²) >= 11 is 0. The van der Waals surface area contributed by atoms with Crippen LogP contribution in [0.15, 0.2) is 42.5 Å². The molecule has 6 heteroatoms. The van der Waals surface area contributed by atoms with Crippen molar-refractivity contribution in [1.82, 2.24) is 0 Å². The van der Waals surface area contributed by atoms with Crippen molar-refractivity contribution >= 4 is 6.29 Å². The van der Waals surface area contributed by atoms with Crippen molar-refractivity contribution in [3.05, 3.63) is 53.6 Å². The fourth-order valence-corrected chi connectivity index (χ4v) is 2.14. The molecule has 0 unspecified atom stereocenters. The summed E-state index contributed by atoms with van der Waals surface area (Å²) in [5.41, 5.74) is 0.815. The van der Waals surface area contributed by atoms with Crippen LogP contribution in [-0.4, -0.2) is 12.9 Å². The molecule has 0 atom stereocenters. The highest BCUT2D eigenvalue weighted by Crippen LogP contribution is 2.34. The number of alkyl halides is 3. The highest BCUT2D eigenvalue weighted by molar-refractivity contribution is 5.80. The van der Waals surface area contributed by atoms with Gasteiger partial charge in [0.1, 0.15) is 12.0 Å². The summed E-state index contributed by atoms with van der Waals surface area (Å²) in [7, 11) is 0. The van der Waals surface area contributed by atoms with Crippen LogP contribution < -0.4 is 4.74 Å². The Balaban J connectivity index is 2.31. The third-order valence-corrected chi connectivity index (χ3v) is 3.36. The zero-order valence-corrected chi connectivity index (χ0v) is 12.6. The SMILES string of the molecule is N#CCCCOc1cc(C=O)ccc1-c1ccc(C(F)(F)F)cc1. The summed E-state index contributed by atoms with van der Waals surface area (Å²) in [4.78, 5) is 10.9. The molecule has 0 saturated heterocycles. The van der Waals surface area contributed by atoms with Crippen molar-refractivity contribution in [2.75, 3.05) is 6.61 Å². The Bertz CT molecular complexity index is 746. The molecular formula is C18H14F3NO2. The third kappa shape index (κ3) is 4.35. The average Bonchev–Trinajstić information content (AvgIpc) is 2.58. The van der Waals surface area contributed by atoms with E-state index in [-0.39, 0.29) is 6.61 Å². The molecule has 0 aliphatic heterocycles. The molecule has 0 amide bonds. The summed E-state index contributed by atoms with van der Waals surface area (Å²) in [6.07, 6.45) is -2.87. The van der Waals surface area contributed by atoms with Gasteiger partial charge in [0.15, 0.2) is 0 Å². The molecule has 3 nitrogen and oxygen atoms in total. The van der Waals surface area contributed by atoms with Crippen molar-refractivity contribution in [2.45, 2.75) is 19.0 Å². The minimum Gasteiger partial charge on any atom is -0.493 e. The Morgan fingerprint density at radius 3 is 2.42 bits per heavy atom. The molecule has 0 aromatic heterocycles. The third-order valence-electron chi connectivity index (χ3n) is 3.36. The van der Waals surface area contributed by atoms with E-state index in [1.54, 1.807) is 12.1 Å². The number of ether oxygens (including phenoxy) is 1. The smallest absolute Gasteiger partial charge is 0.416 e. The van der Waals surface area contributed by atoms with Crippen molar-refractivity contribution in [2.24, 2.45) is 0 Å². The molecule has 0 fully saturated rings. The second-order valence-electron chi connectivity index (χ2n) is 5.06. The lowest BCUT2D eigenvalue weighted by molar-refractivity contribution is -0.137. The topological polar surface area (TPSA) is 50.1 Å². The first-order chi connectivity index (χ1) is 11.5. The number of aldehydes is 1. The second-order valence-corrected chi connectivity index (χ2v) is 5.06. The molecule has 0 spiro atoms. The summed E-state index contributed by atoms with van der Waals surface area (Å²) in [5, 5.41) is 8.53. The standard InChI is InChI=1S/C18H14F3NO2/c19-18(20,21)15-6-4-14(5-7-15)16-8-3-13(12-23)11-17(16)24-10-2-1-9-22/h3-8,11-12H,1-2,10H2. The Kier molecular flexibility index (Phi) is 5.59. The van der Waals surface area contributed by atoms with Crippen molar-refractivity contribution < 1.29 is 22.7 Å². The van der Waals surface area contributed by atoms with Crippen molar-refractivity contribution in [3.8, 4) is 22.9 Å². The Hall–Kier alpha value is -2.81. The van der Waals surface area contributed by atoms with Gasteiger partial charge >= 0.3 is 6.18 Å². The van der Waals surface area contributed by atoms with Gasteiger partial charge in [-0.05, 0) is 36.2 Å². The predicted molar refractivity (Wildman–Crippen MR) is 82.6 cm³/mol. The number of nitriles is 1. The van der Waals surface area contributed by atoms with Crippen LogP contribution >= 0.6 is 0 Å². The van der Waals surface area contributed by atoms with Crippen LogP contribution in [0.5, 0.6) is 5.75 Å². The van der Waals surface area contributed by atoms with E-state index in [2.05, 4.69) is 0 Å². The maximum Gasteiger partial charge on any atom is 0.416 e. The molecule has 0 bridgehead atoms. The molecule has 0 aliphatic carbocycles. The predicted octanol–water partition coefficient (Wildman–Crippen LogP) is 4.87. The molecule has 2 aromatic carbocycles. The second kappa shape index (κ2) is 7.64. The highest BCUT2D eigenvalue weighted by atomic mass is 19.4. The molecular weight excluding hydrogens is 319 g/mol. The molecule has 0 aliphatic rings. The summed E-state index contributed by atoms with van der Waals surface area (Å²) in [6.45, 7) is 0.281. The van der Waals surface area contributed by atoms with Gasteiger partial charge < -0.3 is 4.74 Å². The van der Waals surface area contributed by atoms with Gasteiger partial charge in [-0.3, -0.25) is 4.79 Å². The fourth-order valence-electron chi connectivity index (χ4n) is 2.14. The van der Waals surface area contributed by atoms with Crippen LogP contribution in [0.25, 0.3) is 11.1 Å². The minimum atomic E-state index is -4.39. The van der Waals surface area contributed by atoms with Crippen LogP contribution in [0.4, 0.5) is 13.2 Å². The molecule has 0 saturated carbocycles. The summed E-state index contributed by atoms with van der Waals surface area (Å²) in [6, 6.07) is 11.5. The van der Waals surface area contributed by atoms with E-state index in [0.717, 1.165) is 12.1 Å². The van der Waals surface area contributed by atoms with E-state index in [1.165, 1.54) is 18.2 Å². The van der Waals surface area contributed by atoms with E-state index < -0.39 is 11.7 Å². The van der Waals surface area contributed by atoms with Gasteiger partial charge in [0, 0.05) is 17.5 Å². The zero-order chi connectivity index (χ0) is 17.6. The minimum absolute atomic E-state index is 0.281. The Morgan fingerprint density at radius 2 is 1.83 bits per heavy atom. The average molecular weight is 333 g/mol. The lowest BCUT2D eigenvalue weighted by Crippen LogP contribution is -2.04. The Morgan fingerprint density at radius 1 is 1.12 bits per heavy atom. The largest absolute Gasteiger partial charge is 0.493 e. The lowest BCUT2D eigenvalue weighted by Gasteiger charge is -2.13. The molecule has 124 valence electrons. The first-order valence-corrected chi connectivity index (χ1v) is 7.22. The Labute approximate surface area is 137 Å². The number of carbonyl (C=O) groups is 1. The molecule has 24 heavy (non-hydrogen) atoms. The molecule has 0 heterocycles. The quantitative estimate of drug-likeness (QED) is 0.560. The molecule has 2 rings (SSSR count). The monoisotopic (exact) mass is 333 g/mol. The normalized spacial score (nSPS) is 10.9. The van der Waals surface area contributed by atoms with Crippen LogP contribution in [0.1, 0.15) is 28.8 Å². The molecule has 0 radical (unpaired) electrons. The van der Waals surface area contributed by atoms with E-state index >= 15 is 0 Å². The fraction of sp³-hybridized carbons (Fsp3) is 0.222. The summed E-state index contributed by atoms with van der Waals surface area (Å²) < 4.78 is 43.5. The number of rotatable bonds is 6. The lowest BCUT2D eigenvalue weighted by atomic mass is 10.0. The molecule has 2 aromatic rings.